The van der Waals surface area contributed by atoms with Gasteiger partial charge in [0.1, 0.15) is 17.7 Å². The van der Waals surface area contributed by atoms with Gasteiger partial charge in [-0.05, 0) is 138 Å². The van der Waals surface area contributed by atoms with Gasteiger partial charge in [-0.2, -0.15) is 5.10 Å². The number of benzene rings is 1. The Morgan fingerprint density at radius 3 is 2.38 bits per heavy atom. The second-order valence-electron chi connectivity index (χ2n) is 14.3. The van der Waals surface area contributed by atoms with Crippen molar-refractivity contribution in [1.82, 2.24) is 20.1 Å². The summed E-state index contributed by atoms with van der Waals surface area (Å²) in [5, 5.41) is 7.51. The molecule has 0 radical (unpaired) electrons. The number of hydrogen-bond donors (Lipinski definition) is 1. The van der Waals surface area contributed by atoms with Crippen molar-refractivity contribution < 1.29 is 19.1 Å². The standard InChI is InChI=1S/C38H51N5O4/c1-25(2)43-24-32(22-40-43)31-18-19-39-36(21-31)42(23-27-8-10-28(11-9-27)30-14-17-35(46-4)26(3)20-30)37(44)29-12-15-34(16-13-29)47-38(45)41-33-6-5-7-33/h14,17-22,24-25,27-29,33-34H,5-13,15-16,23H2,1-4H3,(H,41,45). The number of pyridine rings is 1. The molecule has 9 heteroatoms. The Labute approximate surface area is 279 Å². The van der Waals surface area contributed by atoms with Crippen LogP contribution in [-0.4, -0.2) is 52.6 Å². The minimum absolute atomic E-state index is 0.114. The largest absolute Gasteiger partial charge is 0.496 e. The highest BCUT2D eigenvalue weighted by molar-refractivity contribution is 5.94. The van der Waals surface area contributed by atoms with Crippen molar-refractivity contribution in [1.29, 1.82) is 0 Å². The molecule has 3 aromatic rings. The molecule has 0 atom stereocenters. The van der Waals surface area contributed by atoms with Gasteiger partial charge in [0.15, 0.2) is 0 Å². The monoisotopic (exact) mass is 641 g/mol. The van der Waals surface area contributed by atoms with Gasteiger partial charge in [0.05, 0.1) is 13.3 Å². The summed E-state index contributed by atoms with van der Waals surface area (Å²) < 4.78 is 13.2. The lowest BCUT2D eigenvalue weighted by molar-refractivity contribution is -0.124. The Morgan fingerprint density at radius 2 is 1.74 bits per heavy atom. The van der Waals surface area contributed by atoms with E-state index in [1.807, 2.05) is 34.1 Å². The van der Waals surface area contributed by atoms with Crippen LogP contribution in [0.3, 0.4) is 0 Å². The van der Waals surface area contributed by atoms with Crippen LogP contribution in [0.15, 0.2) is 48.9 Å². The maximum atomic E-state index is 14.4. The van der Waals surface area contributed by atoms with Crippen LogP contribution in [0.5, 0.6) is 5.75 Å². The SMILES string of the molecule is COc1ccc(C2CCC(CN(C(=O)C3CCC(OC(=O)NC4CCC4)CC3)c3cc(-c4cnn(C(C)C)c4)ccn3)CC2)cc1C. The number of ether oxygens (including phenoxy) is 2. The molecule has 3 aliphatic rings. The number of rotatable bonds is 10. The summed E-state index contributed by atoms with van der Waals surface area (Å²) in [4.78, 5) is 33.4. The second-order valence-corrected chi connectivity index (χ2v) is 14.3. The summed E-state index contributed by atoms with van der Waals surface area (Å²) >= 11 is 0. The third-order valence-electron chi connectivity index (χ3n) is 10.7. The normalized spacial score (nSPS) is 23.2. The van der Waals surface area contributed by atoms with E-state index in [0.717, 1.165) is 61.8 Å². The zero-order valence-electron chi connectivity index (χ0n) is 28.5. The number of methoxy groups -OCH3 is 1. The fourth-order valence-electron chi connectivity index (χ4n) is 7.46. The van der Waals surface area contributed by atoms with E-state index in [9.17, 15) is 9.59 Å². The number of alkyl carbamates (subject to hydrolysis) is 1. The number of nitrogens with one attached hydrogen (secondary N) is 1. The van der Waals surface area contributed by atoms with Gasteiger partial charge in [0, 0.05) is 42.5 Å². The van der Waals surface area contributed by atoms with Crippen molar-refractivity contribution in [2.45, 2.75) is 116 Å². The number of carbonyl (C=O) groups is 2. The molecule has 1 N–H and O–H groups in total. The van der Waals surface area contributed by atoms with E-state index in [-0.39, 0.29) is 36.1 Å². The van der Waals surface area contributed by atoms with Crippen LogP contribution in [0.4, 0.5) is 10.6 Å². The average Bonchev–Trinajstić information content (AvgIpc) is 3.57. The summed E-state index contributed by atoms with van der Waals surface area (Å²) in [5.41, 5.74) is 4.58. The first-order chi connectivity index (χ1) is 22.8. The number of nitrogens with zero attached hydrogens (tertiary/aromatic N) is 4. The van der Waals surface area contributed by atoms with E-state index in [4.69, 9.17) is 14.5 Å². The highest BCUT2D eigenvalue weighted by Crippen LogP contribution is 2.39. The van der Waals surface area contributed by atoms with E-state index in [0.29, 0.717) is 49.9 Å². The predicted molar refractivity (Wildman–Crippen MR) is 184 cm³/mol. The summed E-state index contributed by atoms with van der Waals surface area (Å²) in [6.45, 7) is 6.99. The Morgan fingerprint density at radius 1 is 0.979 bits per heavy atom. The lowest BCUT2D eigenvalue weighted by Crippen LogP contribution is -2.44. The van der Waals surface area contributed by atoms with Crippen molar-refractivity contribution in [2.75, 3.05) is 18.6 Å². The van der Waals surface area contributed by atoms with Gasteiger partial charge in [-0.25, -0.2) is 9.78 Å². The first-order valence-electron chi connectivity index (χ1n) is 17.7. The molecule has 0 aliphatic heterocycles. The van der Waals surface area contributed by atoms with Crippen molar-refractivity contribution in [3.8, 4) is 16.9 Å². The van der Waals surface area contributed by atoms with E-state index >= 15 is 0 Å². The summed E-state index contributed by atoms with van der Waals surface area (Å²) in [7, 11) is 1.72. The zero-order chi connectivity index (χ0) is 32.9. The quantitative estimate of drug-likeness (QED) is 0.241. The van der Waals surface area contributed by atoms with Gasteiger partial charge in [0.2, 0.25) is 5.91 Å². The Kier molecular flexibility index (Phi) is 10.5. The van der Waals surface area contributed by atoms with Gasteiger partial charge in [-0.3, -0.25) is 14.4 Å². The van der Waals surface area contributed by atoms with Crippen molar-refractivity contribution in [3.05, 3.63) is 60.0 Å². The Hall–Kier alpha value is -3.88. The number of hydrogen-bond acceptors (Lipinski definition) is 6. The fraction of sp³-hybridized carbons (Fsp3) is 0.579. The van der Waals surface area contributed by atoms with Crippen LogP contribution in [0.25, 0.3) is 11.1 Å². The molecule has 9 nitrogen and oxygen atoms in total. The van der Waals surface area contributed by atoms with Gasteiger partial charge in [-0.1, -0.05) is 12.1 Å². The molecule has 0 bridgehead atoms. The molecule has 252 valence electrons. The number of amides is 2. The van der Waals surface area contributed by atoms with E-state index in [1.54, 1.807) is 7.11 Å². The van der Waals surface area contributed by atoms with Gasteiger partial charge in [-0.15, -0.1) is 0 Å². The number of aryl methyl sites for hydroxylation is 1. The summed E-state index contributed by atoms with van der Waals surface area (Å²) in [6.07, 6.45) is 15.7. The smallest absolute Gasteiger partial charge is 0.407 e. The lowest BCUT2D eigenvalue weighted by Gasteiger charge is -2.36. The van der Waals surface area contributed by atoms with Gasteiger partial charge < -0.3 is 14.8 Å². The molecule has 0 unspecified atom stereocenters. The zero-order valence-corrected chi connectivity index (χ0v) is 28.5. The Balaban J connectivity index is 1.14. The Bertz CT molecular complexity index is 1520. The highest BCUT2D eigenvalue weighted by Gasteiger charge is 2.34. The molecule has 1 aromatic carbocycles. The predicted octanol–water partition coefficient (Wildman–Crippen LogP) is 7.99. The van der Waals surface area contributed by atoms with Crippen LogP contribution < -0.4 is 15.0 Å². The third kappa shape index (κ3) is 7.99. The van der Waals surface area contributed by atoms with E-state index in [1.165, 1.54) is 11.1 Å². The molecule has 0 saturated heterocycles. The van der Waals surface area contributed by atoms with E-state index < -0.39 is 0 Å². The molecule has 3 aliphatic carbocycles. The average molecular weight is 642 g/mol. The van der Waals surface area contributed by atoms with Crippen LogP contribution in [0, 0.1) is 18.8 Å². The minimum Gasteiger partial charge on any atom is -0.496 e. The topological polar surface area (TPSA) is 98.6 Å². The number of anilines is 1. The van der Waals surface area contributed by atoms with Crippen LogP contribution >= 0.6 is 0 Å². The van der Waals surface area contributed by atoms with Crippen molar-refractivity contribution >= 4 is 17.8 Å². The van der Waals surface area contributed by atoms with Crippen molar-refractivity contribution in [3.63, 3.8) is 0 Å². The first-order valence-corrected chi connectivity index (χ1v) is 17.7. The minimum atomic E-state index is -0.312. The molecule has 3 fully saturated rings. The van der Waals surface area contributed by atoms with Gasteiger partial charge >= 0.3 is 6.09 Å². The second kappa shape index (κ2) is 14.9. The molecule has 3 saturated carbocycles. The molecular weight excluding hydrogens is 590 g/mol. The first kappa shape index (κ1) is 33.0. The summed E-state index contributed by atoms with van der Waals surface area (Å²) in [6, 6.07) is 11.1. The molecule has 2 heterocycles. The summed E-state index contributed by atoms with van der Waals surface area (Å²) in [5.74, 6) is 2.58. The number of aromatic nitrogens is 3. The molecular formula is C38H51N5O4. The lowest BCUT2D eigenvalue weighted by atomic mass is 9.78. The maximum absolute atomic E-state index is 14.4. The van der Waals surface area contributed by atoms with Crippen molar-refractivity contribution in [2.24, 2.45) is 11.8 Å². The molecule has 2 aromatic heterocycles. The van der Waals surface area contributed by atoms with E-state index in [2.05, 4.69) is 55.6 Å². The highest BCUT2D eigenvalue weighted by atomic mass is 16.6. The fourth-order valence-corrected chi connectivity index (χ4v) is 7.46. The maximum Gasteiger partial charge on any atom is 0.407 e. The van der Waals surface area contributed by atoms with Crippen LogP contribution in [-0.2, 0) is 9.53 Å². The molecule has 2 amide bonds. The number of carbonyl (C=O) groups excluding carboxylic acids is 2. The molecule has 0 spiro atoms. The van der Waals surface area contributed by atoms with Crippen LogP contribution in [0.2, 0.25) is 0 Å². The third-order valence-corrected chi connectivity index (χ3v) is 10.7. The molecule has 47 heavy (non-hydrogen) atoms. The van der Waals surface area contributed by atoms with Crippen LogP contribution in [0.1, 0.15) is 108 Å². The van der Waals surface area contributed by atoms with Gasteiger partial charge in [0.25, 0.3) is 0 Å². The molecule has 6 rings (SSSR count).